The molecule has 0 spiro atoms. The third-order valence-electron chi connectivity index (χ3n) is 3.05. The van der Waals surface area contributed by atoms with Crippen LogP contribution in [0.25, 0.3) is 0 Å². The summed E-state index contributed by atoms with van der Waals surface area (Å²) in [5.74, 6) is 0.873. The van der Waals surface area contributed by atoms with Crippen molar-refractivity contribution in [2.75, 3.05) is 0 Å². The Hall–Kier alpha value is -1.39. The zero-order valence-corrected chi connectivity index (χ0v) is 13.4. The van der Waals surface area contributed by atoms with E-state index in [0.717, 1.165) is 27.7 Å². The van der Waals surface area contributed by atoms with Gasteiger partial charge in [0.25, 0.3) is 0 Å². The predicted molar refractivity (Wildman–Crippen MR) is 84.2 cm³/mol. The summed E-state index contributed by atoms with van der Waals surface area (Å²) in [5, 5.41) is 0.982. The molecule has 0 amide bonds. The maximum Gasteiger partial charge on any atom is 0.140 e. The fraction of sp³-hybridized carbons (Fsp3) is 0.438. The van der Waals surface area contributed by atoms with E-state index in [4.69, 9.17) is 10.5 Å². The first-order valence-corrected chi connectivity index (χ1v) is 7.69. The van der Waals surface area contributed by atoms with E-state index >= 15 is 0 Å². The van der Waals surface area contributed by atoms with Crippen LogP contribution in [0.1, 0.15) is 41.9 Å². The quantitative estimate of drug-likeness (QED) is 0.911. The first kappa shape index (κ1) is 15.0. The van der Waals surface area contributed by atoms with Crippen molar-refractivity contribution in [2.24, 2.45) is 5.73 Å². The van der Waals surface area contributed by atoms with Crippen molar-refractivity contribution in [1.82, 2.24) is 4.98 Å². The molecular formula is C16H22N2OS. The Bertz CT molecular complexity index is 567. The first-order chi connectivity index (χ1) is 9.40. The highest BCUT2D eigenvalue weighted by Gasteiger charge is 2.22. The average molecular weight is 290 g/mol. The molecule has 0 aliphatic rings. The van der Waals surface area contributed by atoms with Crippen LogP contribution < -0.4 is 10.5 Å². The molecule has 1 aromatic heterocycles. The lowest BCUT2D eigenvalue weighted by atomic mass is 10.0. The van der Waals surface area contributed by atoms with Gasteiger partial charge in [0.05, 0.1) is 5.69 Å². The van der Waals surface area contributed by atoms with E-state index in [1.54, 1.807) is 11.3 Å². The summed E-state index contributed by atoms with van der Waals surface area (Å²) in [6.07, 6.45) is 0.900. The molecular weight excluding hydrogens is 268 g/mol. The summed E-state index contributed by atoms with van der Waals surface area (Å²) in [4.78, 5) is 5.80. The van der Waals surface area contributed by atoms with Crippen LogP contribution in [-0.4, -0.2) is 4.98 Å². The predicted octanol–water partition coefficient (Wildman–Crippen LogP) is 3.79. The molecule has 1 heterocycles. The third-order valence-corrected chi connectivity index (χ3v) is 4.46. The van der Waals surface area contributed by atoms with Crippen molar-refractivity contribution in [2.45, 2.75) is 46.3 Å². The number of thiazole rings is 1. The molecule has 0 saturated heterocycles. The van der Waals surface area contributed by atoms with Crippen LogP contribution >= 0.6 is 11.3 Å². The zero-order valence-electron chi connectivity index (χ0n) is 12.6. The molecule has 0 fully saturated rings. The molecule has 2 aromatic rings. The van der Waals surface area contributed by atoms with Gasteiger partial charge in [-0.1, -0.05) is 24.6 Å². The lowest BCUT2D eigenvalue weighted by molar-refractivity contribution is 0.305. The van der Waals surface area contributed by atoms with Crippen molar-refractivity contribution < 1.29 is 4.74 Å². The molecule has 4 heteroatoms. The highest BCUT2D eigenvalue weighted by Crippen LogP contribution is 2.29. The van der Waals surface area contributed by atoms with E-state index < -0.39 is 0 Å². The number of rotatable bonds is 5. The van der Waals surface area contributed by atoms with Gasteiger partial charge in [0.1, 0.15) is 17.4 Å². The van der Waals surface area contributed by atoms with Gasteiger partial charge in [0.15, 0.2) is 0 Å². The van der Waals surface area contributed by atoms with E-state index in [0.29, 0.717) is 6.61 Å². The molecule has 0 bridgehead atoms. The summed E-state index contributed by atoms with van der Waals surface area (Å²) in [6.45, 7) is 8.70. The lowest BCUT2D eigenvalue weighted by Crippen LogP contribution is -2.28. The molecule has 0 unspecified atom stereocenters. The fourth-order valence-electron chi connectivity index (χ4n) is 1.99. The van der Waals surface area contributed by atoms with Crippen molar-refractivity contribution in [3.8, 4) is 5.75 Å². The summed E-state index contributed by atoms with van der Waals surface area (Å²) in [5.41, 5.74) is 8.17. The minimum absolute atomic E-state index is 0.342. The molecule has 1 aromatic carbocycles. The minimum Gasteiger partial charge on any atom is -0.486 e. The molecule has 2 N–H and O–H groups in total. The van der Waals surface area contributed by atoms with Crippen molar-refractivity contribution in [3.05, 3.63) is 45.4 Å². The number of nitrogens with two attached hydrogens (primary N) is 1. The number of benzene rings is 1. The maximum absolute atomic E-state index is 6.20. The van der Waals surface area contributed by atoms with Gasteiger partial charge < -0.3 is 10.5 Å². The second-order valence-electron chi connectivity index (χ2n) is 5.56. The monoisotopic (exact) mass is 290 g/mol. The number of aromatic nitrogens is 1. The van der Waals surface area contributed by atoms with E-state index in [-0.39, 0.29) is 5.54 Å². The fourth-order valence-corrected chi connectivity index (χ4v) is 3.07. The Morgan fingerprint density at radius 1 is 1.25 bits per heavy atom. The topological polar surface area (TPSA) is 48.1 Å². The van der Waals surface area contributed by atoms with Crippen LogP contribution in [-0.2, 0) is 18.6 Å². The third kappa shape index (κ3) is 3.58. The molecule has 0 radical (unpaired) electrons. The highest BCUT2D eigenvalue weighted by atomic mass is 32.1. The zero-order chi connectivity index (χ0) is 14.8. The Morgan fingerprint density at radius 3 is 2.40 bits per heavy atom. The van der Waals surface area contributed by atoms with E-state index in [9.17, 15) is 0 Å². The first-order valence-electron chi connectivity index (χ1n) is 6.87. The highest BCUT2D eigenvalue weighted by molar-refractivity contribution is 7.11. The molecule has 20 heavy (non-hydrogen) atoms. The number of hydrogen-bond donors (Lipinski definition) is 1. The second-order valence-corrected chi connectivity index (χ2v) is 6.64. The SMILES string of the molecule is CCc1nc(COc2ccc(C)cc2)sc1C(C)(C)N. The summed E-state index contributed by atoms with van der Waals surface area (Å²) in [6, 6.07) is 8.06. The molecule has 0 atom stereocenters. The van der Waals surface area contributed by atoms with Crippen LogP contribution in [0.5, 0.6) is 5.75 Å². The molecule has 0 aliphatic carbocycles. The van der Waals surface area contributed by atoms with Gasteiger partial charge in [0.2, 0.25) is 0 Å². The van der Waals surface area contributed by atoms with Crippen LogP contribution in [0.4, 0.5) is 0 Å². The summed E-state index contributed by atoms with van der Waals surface area (Å²) >= 11 is 1.65. The summed E-state index contributed by atoms with van der Waals surface area (Å²) in [7, 11) is 0. The summed E-state index contributed by atoms with van der Waals surface area (Å²) < 4.78 is 5.78. The van der Waals surface area contributed by atoms with Crippen molar-refractivity contribution in [3.63, 3.8) is 0 Å². The van der Waals surface area contributed by atoms with Crippen LogP contribution in [0.15, 0.2) is 24.3 Å². The van der Waals surface area contributed by atoms with Gasteiger partial charge in [-0.15, -0.1) is 11.3 Å². The van der Waals surface area contributed by atoms with E-state index in [1.165, 1.54) is 5.56 Å². The van der Waals surface area contributed by atoms with Gasteiger partial charge in [-0.05, 0) is 39.3 Å². The van der Waals surface area contributed by atoms with Crippen molar-refractivity contribution in [1.29, 1.82) is 0 Å². The van der Waals surface area contributed by atoms with E-state index in [1.807, 2.05) is 38.1 Å². The molecule has 0 aliphatic heterocycles. The van der Waals surface area contributed by atoms with Crippen LogP contribution in [0.2, 0.25) is 0 Å². The Kier molecular flexibility index (Phi) is 4.45. The smallest absolute Gasteiger partial charge is 0.140 e. The normalized spacial score (nSPS) is 11.7. The molecule has 3 nitrogen and oxygen atoms in total. The number of nitrogens with zero attached hydrogens (tertiary/aromatic N) is 1. The average Bonchev–Trinajstić information content (AvgIpc) is 2.81. The Balaban J connectivity index is 2.10. The number of hydrogen-bond acceptors (Lipinski definition) is 4. The van der Waals surface area contributed by atoms with Crippen molar-refractivity contribution >= 4 is 11.3 Å². The molecule has 2 rings (SSSR count). The van der Waals surface area contributed by atoms with Crippen LogP contribution in [0.3, 0.4) is 0 Å². The van der Waals surface area contributed by atoms with Gasteiger partial charge in [-0.25, -0.2) is 4.98 Å². The van der Waals surface area contributed by atoms with Gasteiger partial charge in [-0.3, -0.25) is 0 Å². The Morgan fingerprint density at radius 2 is 1.90 bits per heavy atom. The molecule has 0 saturated carbocycles. The lowest BCUT2D eigenvalue weighted by Gasteiger charge is -2.17. The number of ether oxygens (including phenoxy) is 1. The van der Waals surface area contributed by atoms with Gasteiger partial charge >= 0.3 is 0 Å². The minimum atomic E-state index is -0.342. The maximum atomic E-state index is 6.20. The van der Waals surface area contributed by atoms with E-state index in [2.05, 4.69) is 18.8 Å². The molecule has 108 valence electrons. The number of aryl methyl sites for hydroxylation is 2. The Labute approximate surface area is 124 Å². The van der Waals surface area contributed by atoms with Gasteiger partial charge in [-0.2, -0.15) is 0 Å². The largest absolute Gasteiger partial charge is 0.486 e. The standard InChI is InChI=1S/C16H22N2OS/c1-5-13-15(16(3,4)17)20-14(18-13)10-19-12-8-6-11(2)7-9-12/h6-9H,5,10,17H2,1-4H3. The van der Waals surface area contributed by atoms with Gasteiger partial charge in [0, 0.05) is 10.4 Å². The van der Waals surface area contributed by atoms with Crippen LogP contribution in [0, 0.1) is 6.92 Å². The second kappa shape index (κ2) is 5.94.